The van der Waals surface area contributed by atoms with Crippen molar-refractivity contribution in [1.29, 1.82) is 0 Å². The van der Waals surface area contributed by atoms with Crippen LogP contribution in [-0.4, -0.2) is 41.6 Å². The second-order valence-electron chi connectivity index (χ2n) is 10.3. The minimum Gasteiger partial charge on any atom is -0.449 e. The molecule has 0 saturated carbocycles. The van der Waals surface area contributed by atoms with Crippen LogP contribution in [0.15, 0.2) is 66.1 Å². The van der Waals surface area contributed by atoms with Gasteiger partial charge >= 0.3 is 6.09 Å². The second kappa shape index (κ2) is 11.1. The molecule has 2 aromatic heterocycles. The topological polar surface area (TPSA) is 126 Å². The van der Waals surface area contributed by atoms with Crippen LogP contribution < -0.4 is 10.0 Å². The monoisotopic (exact) mass is 553 g/mol. The molecule has 3 N–H and O–H groups in total. The first-order valence-electron chi connectivity index (χ1n) is 12.1. The highest BCUT2D eigenvalue weighted by Crippen LogP contribution is 2.37. The standard InChI is InChI=1S/C27H31N5O4S2/c1-17(2)15-36-26(33)31-20-9-6-18(7-10-20)25-29-14-23(37-25)21-11-8-19(22-13-28-16-30-22)12-24(21)38(34,35)32-27(3,4)5/h6-14,16-17,32H,15H2,1-5H3,(H,28,30)(H,31,33). The van der Waals surface area contributed by atoms with Crippen molar-refractivity contribution in [2.75, 3.05) is 11.9 Å². The Kier molecular flexibility index (Phi) is 8.00. The number of imidazole rings is 1. The SMILES string of the molecule is CC(C)COC(=O)Nc1ccc(-c2ncc(-c3ccc(-c4cnc[nH]4)cc3S(=O)(=O)NC(C)(C)C)s2)cc1. The van der Waals surface area contributed by atoms with E-state index in [1.165, 1.54) is 11.3 Å². The number of amides is 1. The molecule has 1 amide bonds. The lowest BCUT2D eigenvalue weighted by Crippen LogP contribution is -2.40. The number of aromatic nitrogens is 3. The van der Waals surface area contributed by atoms with Crippen molar-refractivity contribution in [1.82, 2.24) is 19.7 Å². The van der Waals surface area contributed by atoms with Gasteiger partial charge < -0.3 is 9.72 Å². The predicted octanol–water partition coefficient (Wildman–Crippen LogP) is 6.15. The molecule has 38 heavy (non-hydrogen) atoms. The van der Waals surface area contributed by atoms with E-state index in [4.69, 9.17) is 4.74 Å². The fourth-order valence-corrected chi connectivity index (χ4v) is 6.30. The summed E-state index contributed by atoms with van der Waals surface area (Å²) in [4.78, 5) is 24.4. The Morgan fingerprint density at radius 1 is 1.08 bits per heavy atom. The number of H-pyrrole nitrogens is 1. The molecule has 4 aromatic rings. The van der Waals surface area contributed by atoms with Gasteiger partial charge in [-0.1, -0.05) is 26.0 Å². The first-order valence-corrected chi connectivity index (χ1v) is 14.4. The Morgan fingerprint density at radius 2 is 1.79 bits per heavy atom. The van der Waals surface area contributed by atoms with Crippen molar-refractivity contribution in [3.05, 3.63) is 61.2 Å². The fourth-order valence-electron chi connectivity index (χ4n) is 3.61. The van der Waals surface area contributed by atoms with Gasteiger partial charge in [0, 0.05) is 34.1 Å². The lowest BCUT2D eigenvalue weighted by Gasteiger charge is -2.21. The summed E-state index contributed by atoms with van der Waals surface area (Å²) in [6, 6.07) is 12.5. The average molecular weight is 554 g/mol. The van der Waals surface area contributed by atoms with E-state index in [1.807, 2.05) is 32.0 Å². The molecule has 0 aliphatic heterocycles. The largest absolute Gasteiger partial charge is 0.449 e. The van der Waals surface area contributed by atoms with Crippen LogP contribution in [0.4, 0.5) is 10.5 Å². The first-order chi connectivity index (χ1) is 17.9. The maximum atomic E-state index is 13.5. The molecule has 0 fully saturated rings. The highest BCUT2D eigenvalue weighted by Gasteiger charge is 2.26. The number of aromatic amines is 1. The molecule has 4 rings (SSSR count). The maximum absolute atomic E-state index is 13.5. The van der Waals surface area contributed by atoms with Gasteiger partial charge in [0.15, 0.2) is 0 Å². The van der Waals surface area contributed by atoms with Crippen LogP contribution in [0.2, 0.25) is 0 Å². The van der Waals surface area contributed by atoms with E-state index < -0.39 is 21.7 Å². The van der Waals surface area contributed by atoms with E-state index in [2.05, 4.69) is 25.0 Å². The maximum Gasteiger partial charge on any atom is 0.411 e. The van der Waals surface area contributed by atoms with Crippen LogP contribution in [0.3, 0.4) is 0 Å². The number of carbonyl (C=O) groups excluding carboxylic acids is 1. The summed E-state index contributed by atoms with van der Waals surface area (Å²) in [6.07, 6.45) is 4.38. The third-order valence-electron chi connectivity index (χ3n) is 5.22. The van der Waals surface area contributed by atoms with Crippen molar-refractivity contribution in [3.8, 4) is 32.3 Å². The lowest BCUT2D eigenvalue weighted by molar-refractivity contribution is 0.147. The van der Waals surface area contributed by atoms with Gasteiger partial charge in [0.25, 0.3) is 0 Å². The number of hydrogen-bond donors (Lipinski definition) is 3. The fraction of sp³-hybridized carbons (Fsp3) is 0.296. The molecule has 11 heteroatoms. The van der Waals surface area contributed by atoms with E-state index in [9.17, 15) is 13.2 Å². The summed E-state index contributed by atoms with van der Waals surface area (Å²) in [6.45, 7) is 9.69. The molecule has 0 aliphatic rings. The smallest absolute Gasteiger partial charge is 0.411 e. The number of thiazole rings is 1. The van der Waals surface area contributed by atoms with Gasteiger partial charge in [-0.05, 0) is 57.0 Å². The van der Waals surface area contributed by atoms with Crippen molar-refractivity contribution in [3.63, 3.8) is 0 Å². The Morgan fingerprint density at radius 3 is 2.42 bits per heavy atom. The Bertz CT molecular complexity index is 1500. The van der Waals surface area contributed by atoms with Gasteiger partial charge in [0.1, 0.15) is 5.01 Å². The third-order valence-corrected chi connectivity index (χ3v) is 8.10. The molecule has 200 valence electrons. The number of rotatable bonds is 8. The van der Waals surface area contributed by atoms with Crippen molar-refractivity contribution in [2.24, 2.45) is 5.92 Å². The molecule has 9 nitrogen and oxygen atoms in total. The number of nitrogens with one attached hydrogen (secondary N) is 3. The highest BCUT2D eigenvalue weighted by molar-refractivity contribution is 7.89. The molecule has 0 saturated heterocycles. The summed E-state index contributed by atoms with van der Waals surface area (Å²) in [5.74, 6) is 0.253. The van der Waals surface area contributed by atoms with E-state index in [1.54, 1.807) is 63.8 Å². The number of nitrogens with zero attached hydrogens (tertiary/aromatic N) is 2. The summed E-state index contributed by atoms with van der Waals surface area (Å²) < 4.78 is 34.8. The number of sulfonamides is 1. The van der Waals surface area contributed by atoms with Gasteiger partial charge in [-0.2, -0.15) is 0 Å². The summed E-state index contributed by atoms with van der Waals surface area (Å²) >= 11 is 1.39. The van der Waals surface area contributed by atoms with Crippen molar-refractivity contribution >= 4 is 33.1 Å². The molecule has 2 aromatic carbocycles. The Hall–Kier alpha value is -3.54. The summed E-state index contributed by atoms with van der Waals surface area (Å²) in [5, 5.41) is 3.43. The zero-order chi connectivity index (χ0) is 27.5. The number of anilines is 1. The van der Waals surface area contributed by atoms with E-state index in [0.717, 1.165) is 16.3 Å². The third kappa shape index (κ3) is 6.85. The van der Waals surface area contributed by atoms with Crippen LogP contribution >= 0.6 is 11.3 Å². The highest BCUT2D eigenvalue weighted by atomic mass is 32.2. The van der Waals surface area contributed by atoms with Crippen molar-refractivity contribution in [2.45, 2.75) is 45.1 Å². The predicted molar refractivity (Wildman–Crippen MR) is 150 cm³/mol. The zero-order valence-electron chi connectivity index (χ0n) is 21.9. The van der Waals surface area contributed by atoms with Gasteiger partial charge in [-0.25, -0.2) is 27.9 Å². The van der Waals surface area contributed by atoms with E-state index >= 15 is 0 Å². The van der Waals surface area contributed by atoms with Crippen LogP contribution in [0.25, 0.3) is 32.3 Å². The molecule has 2 heterocycles. The minimum atomic E-state index is -3.85. The van der Waals surface area contributed by atoms with Gasteiger partial charge in [0.05, 0.1) is 34.6 Å². The average Bonchev–Trinajstić information content (AvgIpc) is 3.54. The molecular weight excluding hydrogens is 522 g/mol. The van der Waals surface area contributed by atoms with Crippen molar-refractivity contribution < 1.29 is 17.9 Å². The Labute approximate surface area is 226 Å². The number of hydrogen-bond acceptors (Lipinski definition) is 7. The first kappa shape index (κ1) is 27.5. The number of ether oxygens (including phenoxy) is 1. The van der Waals surface area contributed by atoms with Gasteiger partial charge in [-0.3, -0.25) is 5.32 Å². The summed E-state index contributed by atoms with van der Waals surface area (Å²) in [7, 11) is -3.85. The van der Waals surface area contributed by atoms with Crippen LogP contribution in [0.5, 0.6) is 0 Å². The van der Waals surface area contributed by atoms with Crippen LogP contribution in [-0.2, 0) is 14.8 Å². The minimum absolute atomic E-state index is 0.161. The van der Waals surface area contributed by atoms with Crippen LogP contribution in [0.1, 0.15) is 34.6 Å². The quantitative estimate of drug-likeness (QED) is 0.240. The molecule has 0 atom stereocenters. The normalized spacial score (nSPS) is 12.1. The molecule has 0 bridgehead atoms. The zero-order valence-corrected chi connectivity index (χ0v) is 23.5. The Balaban J connectivity index is 1.63. The molecule has 0 radical (unpaired) electrons. The second-order valence-corrected chi connectivity index (χ2v) is 12.9. The van der Waals surface area contributed by atoms with E-state index in [0.29, 0.717) is 28.3 Å². The molecule has 0 unspecified atom stereocenters. The molecule has 0 spiro atoms. The van der Waals surface area contributed by atoms with Gasteiger partial charge in [-0.15, -0.1) is 11.3 Å². The molecular formula is C27H31N5O4S2. The number of benzene rings is 2. The lowest BCUT2D eigenvalue weighted by atomic mass is 10.1. The van der Waals surface area contributed by atoms with E-state index in [-0.39, 0.29) is 10.8 Å². The van der Waals surface area contributed by atoms with Crippen LogP contribution in [0, 0.1) is 5.92 Å². The number of carbonyl (C=O) groups is 1. The molecule has 0 aliphatic carbocycles. The summed E-state index contributed by atoms with van der Waals surface area (Å²) in [5.41, 5.74) is 2.77. The van der Waals surface area contributed by atoms with Gasteiger partial charge in [0.2, 0.25) is 10.0 Å².